The SMILES string of the molecule is CC(=O)OC(C)C(=O)C(Cc1c(I)c(N)c(I)c(N)c1I)(C(=O)O)C(=O)C(C)OC(C)=O. The number of carboxylic acids is 1. The molecule has 5 N–H and O–H groups in total. The van der Waals surface area contributed by atoms with Crippen LogP contribution in [0.5, 0.6) is 0 Å². The number of benzene rings is 1. The second kappa shape index (κ2) is 11.3. The van der Waals surface area contributed by atoms with Gasteiger partial charge in [0.1, 0.15) is 0 Å². The largest absolute Gasteiger partial charge is 0.480 e. The number of carbonyl (C=O) groups excluding carboxylic acids is 4. The van der Waals surface area contributed by atoms with Crippen LogP contribution in [0.2, 0.25) is 0 Å². The minimum Gasteiger partial charge on any atom is -0.480 e. The molecule has 0 heterocycles. The topological polar surface area (TPSA) is 176 Å². The number of hydrogen-bond donors (Lipinski definition) is 3. The Hall–Kier alpha value is -1.24. The maximum absolute atomic E-state index is 13.3. The molecule has 2 unspecified atom stereocenters. The van der Waals surface area contributed by atoms with Gasteiger partial charge in [-0.2, -0.15) is 0 Å². The van der Waals surface area contributed by atoms with E-state index < -0.39 is 53.5 Å². The lowest BCUT2D eigenvalue weighted by molar-refractivity contribution is -0.173. The summed E-state index contributed by atoms with van der Waals surface area (Å²) in [4.78, 5) is 62.0. The van der Waals surface area contributed by atoms with Crippen molar-refractivity contribution >= 4 is 109 Å². The van der Waals surface area contributed by atoms with Crippen LogP contribution in [-0.4, -0.2) is 46.8 Å². The lowest BCUT2D eigenvalue weighted by Crippen LogP contribution is -2.56. The number of nitrogen functional groups attached to an aromatic ring is 2. The van der Waals surface area contributed by atoms with Gasteiger partial charge in [-0.25, -0.2) is 0 Å². The fourth-order valence-electron chi connectivity index (χ4n) is 3.06. The Bertz CT molecular complexity index is 932. The first kappa shape index (κ1) is 28.8. The van der Waals surface area contributed by atoms with Gasteiger partial charge in [-0.15, -0.1) is 0 Å². The van der Waals surface area contributed by atoms with Crippen molar-refractivity contribution in [1.29, 1.82) is 0 Å². The third kappa shape index (κ3) is 5.81. The van der Waals surface area contributed by atoms with Crippen LogP contribution >= 0.6 is 67.8 Å². The fraction of sp³-hybridized carbons (Fsp3) is 0.421. The Morgan fingerprint density at radius 1 is 0.844 bits per heavy atom. The van der Waals surface area contributed by atoms with Crippen LogP contribution in [0.1, 0.15) is 33.3 Å². The third-order valence-electron chi connectivity index (χ3n) is 4.55. The predicted octanol–water partition coefficient (Wildman–Crippen LogP) is 2.32. The van der Waals surface area contributed by atoms with E-state index in [9.17, 15) is 29.1 Å². The van der Waals surface area contributed by atoms with Crippen molar-refractivity contribution in [1.82, 2.24) is 0 Å². The number of aliphatic carboxylic acids is 1. The highest BCUT2D eigenvalue weighted by Crippen LogP contribution is 2.40. The zero-order chi connectivity index (χ0) is 25.1. The van der Waals surface area contributed by atoms with Crippen LogP contribution in [0.3, 0.4) is 0 Å². The standard InChI is InChI=1S/C19H21I3N2O8/c1-6(31-8(3)25)16(27)19(18(29)30,17(28)7(2)32-9(4)26)5-10-11(20)14(23)13(22)15(24)12(10)21/h6-7H,5,23-24H2,1-4H3,(H,29,30). The Morgan fingerprint density at radius 3 is 1.47 bits per heavy atom. The van der Waals surface area contributed by atoms with E-state index in [1.165, 1.54) is 0 Å². The number of hydrogen-bond acceptors (Lipinski definition) is 9. The van der Waals surface area contributed by atoms with Crippen molar-refractivity contribution in [2.45, 2.75) is 46.3 Å². The normalized spacial score (nSPS) is 14.6. The average molecular weight is 786 g/mol. The maximum Gasteiger partial charge on any atom is 0.325 e. The monoisotopic (exact) mass is 786 g/mol. The van der Waals surface area contributed by atoms with Gasteiger partial charge in [-0.05, 0) is 87.2 Å². The molecular formula is C19H21I3N2O8. The molecular weight excluding hydrogens is 765 g/mol. The van der Waals surface area contributed by atoms with Crippen molar-refractivity contribution in [3.05, 3.63) is 16.3 Å². The van der Waals surface area contributed by atoms with Crippen LogP contribution in [0.15, 0.2) is 0 Å². The summed E-state index contributed by atoms with van der Waals surface area (Å²) in [6, 6.07) is 0. The quantitative estimate of drug-likeness (QED) is 0.146. The van der Waals surface area contributed by atoms with Gasteiger partial charge >= 0.3 is 17.9 Å². The first-order valence-electron chi connectivity index (χ1n) is 8.96. The summed E-state index contributed by atoms with van der Waals surface area (Å²) in [6.45, 7) is 4.42. The summed E-state index contributed by atoms with van der Waals surface area (Å²) in [5.74, 6) is -5.80. The summed E-state index contributed by atoms with van der Waals surface area (Å²) in [6.07, 6.45) is -3.77. The molecule has 0 amide bonds. The average Bonchev–Trinajstić information content (AvgIpc) is 2.69. The molecule has 0 aliphatic carbocycles. The number of anilines is 2. The van der Waals surface area contributed by atoms with E-state index in [0.29, 0.717) is 10.7 Å². The van der Waals surface area contributed by atoms with Gasteiger partial charge in [0.25, 0.3) is 0 Å². The summed E-state index contributed by atoms with van der Waals surface area (Å²) in [7, 11) is 0. The highest BCUT2D eigenvalue weighted by molar-refractivity contribution is 14.1. The second-order valence-electron chi connectivity index (χ2n) is 6.87. The number of rotatable bonds is 9. The number of halogens is 3. The van der Waals surface area contributed by atoms with Crippen LogP contribution in [-0.2, 0) is 39.9 Å². The molecule has 13 heteroatoms. The smallest absolute Gasteiger partial charge is 0.325 e. The second-order valence-corrected chi connectivity index (χ2v) is 10.1. The lowest BCUT2D eigenvalue weighted by Gasteiger charge is -2.32. The van der Waals surface area contributed by atoms with Crippen LogP contribution < -0.4 is 11.5 Å². The number of ether oxygens (including phenoxy) is 2. The number of nitrogens with two attached hydrogens (primary N) is 2. The molecule has 176 valence electrons. The van der Waals surface area contributed by atoms with Crippen molar-refractivity contribution in [2.24, 2.45) is 5.41 Å². The molecule has 0 radical (unpaired) electrons. The number of carbonyl (C=O) groups is 5. The van der Waals surface area contributed by atoms with Crippen LogP contribution in [0, 0.1) is 16.1 Å². The number of Topliss-reactive ketones (excluding diaryl/α,β-unsaturated/α-hetero) is 2. The summed E-state index contributed by atoms with van der Waals surface area (Å²) in [5, 5.41) is 10.2. The first-order chi connectivity index (χ1) is 14.6. The highest BCUT2D eigenvalue weighted by Gasteiger charge is 2.57. The van der Waals surface area contributed by atoms with Gasteiger partial charge in [0.2, 0.25) is 0 Å². The van der Waals surface area contributed by atoms with E-state index >= 15 is 0 Å². The van der Waals surface area contributed by atoms with Gasteiger partial charge in [0.15, 0.2) is 29.2 Å². The van der Waals surface area contributed by atoms with Crippen LogP contribution in [0.25, 0.3) is 0 Å². The zero-order valence-electron chi connectivity index (χ0n) is 17.5. The zero-order valence-corrected chi connectivity index (χ0v) is 23.9. The maximum atomic E-state index is 13.3. The van der Waals surface area contributed by atoms with Crippen molar-refractivity contribution < 1.29 is 38.6 Å². The van der Waals surface area contributed by atoms with Crippen molar-refractivity contribution in [3.8, 4) is 0 Å². The van der Waals surface area contributed by atoms with E-state index in [-0.39, 0.29) is 16.9 Å². The van der Waals surface area contributed by atoms with Gasteiger partial charge in [0.05, 0.1) is 14.9 Å². The molecule has 32 heavy (non-hydrogen) atoms. The van der Waals surface area contributed by atoms with E-state index in [1.54, 1.807) is 0 Å². The Morgan fingerprint density at radius 2 is 1.19 bits per heavy atom. The summed E-state index contributed by atoms with van der Waals surface area (Å²) < 4.78 is 11.1. The van der Waals surface area contributed by atoms with E-state index in [0.717, 1.165) is 27.7 Å². The minimum absolute atomic E-state index is 0.260. The Balaban J connectivity index is 3.85. The van der Waals surface area contributed by atoms with Crippen molar-refractivity contribution in [2.75, 3.05) is 11.5 Å². The van der Waals surface area contributed by atoms with Gasteiger partial charge in [-0.3, -0.25) is 24.0 Å². The molecule has 0 fully saturated rings. The molecule has 1 aromatic carbocycles. The van der Waals surface area contributed by atoms with Crippen molar-refractivity contribution in [3.63, 3.8) is 0 Å². The summed E-state index contributed by atoms with van der Waals surface area (Å²) in [5.41, 5.74) is 10.2. The highest BCUT2D eigenvalue weighted by atomic mass is 127. The molecule has 1 aromatic rings. The van der Waals surface area contributed by atoms with Gasteiger partial charge in [-0.1, -0.05) is 0 Å². The molecule has 1 rings (SSSR count). The third-order valence-corrected chi connectivity index (χ3v) is 8.17. The molecule has 0 spiro atoms. The lowest BCUT2D eigenvalue weighted by atomic mass is 9.71. The molecule has 0 saturated carbocycles. The predicted molar refractivity (Wildman–Crippen MR) is 140 cm³/mol. The van der Waals surface area contributed by atoms with Gasteiger partial charge < -0.3 is 26.0 Å². The van der Waals surface area contributed by atoms with E-state index in [2.05, 4.69) is 0 Å². The van der Waals surface area contributed by atoms with E-state index in [4.69, 9.17) is 20.9 Å². The number of carboxylic acid groups (broad SMARTS) is 1. The fourth-order valence-corrected chi connectivity index (χ4v) is 6.61. The first-order valence-corrected chi connectivity index (χ1v) is 12.2. The van der Waals surface area contributed by atoms with E-state index in [1.807, 2.05) is 67.8 Å². The molecule has 0 aliphatic rings. The molecule has 10 nitrogen and oxygen atoms in total. The minimum atomic E-state index is -2.74. The molecule has 0 aliphatic heterocycles. The summed E-state index contributed by atoms with van der Waals surface area (Å²) >= 11 is 5.70. The molecule has 0 saturated heterocycles. The van der Waals surface area contributed by atoms with Gasteiger partial charge in [0, 0.05) is 27.4 Å². The van der Waals surface area contributed by atoms with Crippen LogP contribution in [0.4, 0.5) is 11.4 Å². The molecule has 0 aromatic heterocycles. The molecule has 2 atom stereocenters. The Labute approximate surface area is 224 Å². The Kier molecular flexibility index (Phi) is 10.1. The number of ketones is 2. The molecule has 0 bridgehead atoms. The number of esters is 2.